The zero-order chi connectivity index (χ0) is 11.1. The normalized spacial score (nSPS) is 10.3. The largest absolute Gasteiger partial charge is 0.395 e. The number of nitrogens with zero attached hydrogens (tertiary/aromatic N) is 1. The molecule has 1 aromatic heterocycles. The molecule has 0 saturated heterocycles. The molecule has 0 radical (unpaired) electrons. The van der Waals surface area contributed by atoms with Crippen LogP contribution in [-0.4, -0.2) is 29.1 Å². The summed E-state index contributed by atoms with van der Waals surface area (Å²) in [5.74, 6) is -0.206. The minimum absolute atomic E-state index is 0.0431. The molecule has 0 bridgehead atoms. The van der Waals surface area contributed by atoms with Crippen LogP contribution in [0.1, 0.15) is 35.3 Å². The predicted octanol–water partition coefficient (Wildman–Crippen LogP) is 1.21. The van der Waals surface area contributed by atoms with Crippen molar-refractivity contribution in [1.82, 2.24) is 10.3 Å². The van der Waals surface area contributed by atoms with Crippen molar-refractivity contribution in [2.75, 3.05) is 13.2 Å². The van der Waals surface area contributed by atoms with Crippen molar-refractivity contribution >= 4 is 17.2 Å². The minimum Gasteiger partial charge on any atom is -0.395 e. The van der Waals surface area contributed by atoms with Gasteiger partial charge in [-0.25, -0.2) is 4.98 Å². The second kappa shape index (κ2) is 6.53. The number of amides is 1. The van der Waals surface area contributed by atoms with Crippen LogP contribution in [0.15, 0.2) is 5.38 Å². The van der Waals surface area contributed by atoms with Gasteiger partial charge in [0.05, 0.1) is 11.6 Å². The highest BCUT2D eigenvalue weighted by Gasteiger charge is 2.09. The first-order chi connectivity index (χ1) is 7.27. The SMILES string of the molecule is CCCCc1nc(C(=O)NCCO)cs1. The van der Waals surface area contributed by atoms with E-state index in [4.69, 9.17) is 5.11 Å². The van der Waals surface area contributed by atoms with Crippen LogP contribution < -0.4 is 5.32 Å². The van der Waals surface area contributed by atoms with Crippen LogP contribution in [0.5, 0.6) is 0 Å². The van der Waals surface area contributed by atoms with Crippen molar-refractivity contribution in [2.45, 2.75) is 26.2 Å². The molecule has 0 saturated carbocycles. The summed E-state index contributed by atoms with van der Waals surface area (Å²) in [4.78, 5) is 15.6. The molecular formula is C10H16N2O2S. The molecule has 2 N–H and O–H groups in total. The fourth-order valence-corrected chi connectivity index (χ4v) is 1.94. The molecule has 1 amide bonds. The number of aryl methyl sites for hydroxylation is 1. The predicted molar refractivity (Wildman–Crippen MR) is 60.1 cm³/mol. The van der Waals surface area contributed by atoms with Crippen molar-refractivity contribution in [3.8, 4) is 0 Å². The molecule has 1 aromatic rings. The highest BCUT2D eigenvalue weighted by Crippen LogP contribution is 2.12. The Bertz CT molecular complexity index is 312. The Kier molecular flexibility index (Phi) is 5.28. The Morgan fingerprint density at radius 3 is 3.13 bits per heavy atom. The first-order valence-corrected chi connectivity index (χ1v) is 5.99. The Hall–Kier alpha value is -0.940. The topological polar surface area (TPSA) is 62.2 Å². The monoisotopic (exact) mass is 228 g/mol. The van der Waals surface area contributed by atoms with Crippen LogP contribution in [0.3, 0.4) is 0 Å². The van der Waals surface area contributed by atoms with Crippen LogP contribution in [0.25, 0.3) is 0 Å². The number of nitrogens with one attached hydrogen (secondary N) is 1. The van der Waals surface area contributed by atoms with Gasteiger partial charge in [0.15, 0.2) is 0 Å². The number of hydrogen-bond donors (Lipinski definition) is 2. The maximum absolute atomic E-state index is 11.4. The molecule has 1 heterocycles. The van der Waals surface area contributed by atoms with Gasteiger partial charge in [-0.2, -0.15) is 0 Å². The molecule has 0 atom stereocenters. The second-order valence-electron chi connectivity index (χ2n) is 3.21. The first kappa shape index (κ1) is 12.1. The van der Waals surface area contributed by atoms with Gasteiger partial charge in [0.25, 0.3) is 5.91 Å². The molecule has 0 fully saturated rings. The quantitative estimate of drug-likeness (QED) is 0.769. The van der Waals surface area contributed by atoms with Gasteiger partial charge >= 0.3 is 0 Å². The fourth-order valence-electron chi connectivity index (χ4n) is 1.12. The fraction of sp³-hybridized carbons (Fsp3) is 0.600. The zero-order valence-corrected chi connectivity index (χ0v) is 9.64. The number of carbonyl (C=O) groups is 1. The molecule has 0 aliphatic rings. The third-order valence-electron chi connectivity index (χ3n) is 1.93. The van der Waals surface area contributed by atoms with Gasteiger partial charge in [0, 0.05) is 11.9 Å². The maximum Gasteiger partial charge on any atom is 0.270 e. The van der Waals surface area contributed by atoms with Crippen LogP contribution in [-0.2, 0) is 6.42 Å². The minimum atomic E-state index is -0.206. The second-order valence-corrected chi connectivity index (χ2v) is 4.15. The van der Waals surface area contributed by atoms with E-state index in [0.29, 0.717) is 5.69 Å². The van der Waals surface area contributed by atoms with E-state index in [1.54, 1.807) is 5.38 Å². The van der Waals surface area contributed by atoms with Gasteiger partial charge in [-0.05, 0) is 12.8 Å². The summed E-state index contributed by atoms with van der Waals surface area (Å²) in [6, 6.07) is 0. The average molecular weight is 228 g/mol. The lowest BCUT2D eigenvalue weighted by atomic mass is 10.3. The molecule has 5 heteroatoms. The molecule has 1 rings (SSSR count). The van der Waals surface area contributed by atoms with Gasteiger partial charge in [-0.1, -0.05) is 13.3 Å². The van der Waals surface area contributed by atoms with Crippen molar-refractivity contribution in [1.29, 1.82) is 0 Å². The van der Waals surface area contributed by atoms with Gasteiger partial charge in [-0.15, -0.1) is 11.3 Å². The molecular weight excluding hydrogens is 212 g/mol. The summed E-state index contributed by atoms with van der Waals surface area (Å²) in [7, 11) is 0. The summed E-state index contributed by atoms with van der Waals surface area (Å²) in [6.07, 6.45) is 3.17. The Balaban J connectivity index is 2.47. The van der Waals surface area contributed by atoms with Gasteiger partial charge in [0.2, 0.25) is 0 Å². The maximum atomic E-state index is 11.4. The number of rotatable bonds is 6. The highest BCUT2D eigenvalue weighted by atomic mass is 32.1. The van der Waals surface area contributed by atoms with Crippen LogP contribution in [0.4, 0.5) is 0 Å². The third kappa shape index (κ3) is 3.97. The molecule has 84 valence electrons. The number of carbonyl (C=O) groups excluding carboxylic acids is 1. The summed E-state index contributed by atoms with van der Waals surface area (Å²) >= 11 is 1.52. The number of aromatic nitrogens is 1. The molecule has 4 nitrogen and oxygen atoms in total. The Labute approximate surface area is 93.4 Å². The van der Waals surface area contributed by atoms with Crippen LogP contribution in [0.2, 0.25) is 0 Å². The molecule has 0 spiro atoms. The van der Waals surface area contributed by atoms with E-state index in [2.05, 4.69) is 17.2 Å². The smallest absolute Gasteiger partial charge is 0.270 e. The summed E-state index contributed by atoms with van der Waals surface area (Å²) in [5.41, 5.74) is 0.458. The lowest BCUT2D eigenvalue weighted by Gasteiger charge is -1.98. The van der Waals surface area contributed by atoms with Gasteiger partial charge in [-0.3, -0.25) is 4.79 Å². The summed E-state index contributed by atoms with van der Waals surface area (Å²) in [6.45, 7) is 2.36. The molecule has 0 aliphatic heterocycles. The van der Waals surface area contributed by atoms with Crippen molar-refractivity contribution in [2.24, 2.45) is 0 Å². The number of aliphatic hydroxyl groups excluding tert-OH is 1. The molecule has 0 unspecified atom stereocenters. The Morgan fingerprint density at radius 2 is 2.47 bits per heavy atom. The van der Waals surface area contributed by atoms with E-state index in [1.807, 2.05) is 0 Å². The third-order valence-corrected chi connectivity index (χ3v) is 2.83. The average Bonchev–Trinajstić information content (AvgIpc) is 2.71. The van der Waals surface area contributed by atoms with Crippen molar-refractivity contribution in [3.63, 3.8) is 0 Å². The molecule has 0 aliphatic carbocycles. The van der Waals surface area contributed by atoms with E-state index >= 15 is 0 Å². The zero-order valence-electron chi connectivity index (χ0n) is 8.82. The van der Waals surface area contributed by atoms with E-state index in [1.165, 1.54) is 11.3 Å². The number of aliphatic hydroxyl groups is 1. The molecule has 0 aromatic carbocycles. The standard InChI is InChI=1S/C10H16N2O2S/c1-2-3-4-9-12-8(7-15-9)10(14)11-5-6-13/h7,13H,2-6H2,1H3,(H,11,14). The van der Waals surface area contributed by atoms with E-state index in [-0.39, 0.29) is 19.1 Å². The van der Waals surface area contributed by atoms with E-state index in [9.17, 15) is 4.79 Å². The van der Waals surface area contributed by atoms with Crippen LogP contribution in [0, 0.1) is 0 Å². The number of thiazole rings is 1. The van der Waals surface area contributed by atoms with E-state index in [0.717, 1.165) is 24.3 Å². The lowest BCUT2D eigenvalue weighted by molar-refractivity contribution is 0.0940. The lowest BCUT2D eigenvalue weighted by Crippen LogP contribution is -2.26. The van der Waals surface area contributed by atoms with Crippen LogP contribution >= 0.6 is 11.3 Å². The first-order valence-electron chi connectivity index (χ1n) is 5.11. The van der Waals surface area contributed by atoms with Gasteiger partial charge < -0.3 is 10.4 Å². The van der Waals surface area contributed by atoms with Gasteiger partial charge in [0.1, 0.15) is 5.69 Å². The van der Waals surface area contributed by atoms with Crippen molar-refractivity contribution < 1.29 is 9.90 Å². The summed E-state index contributed by atoms with van der Waals surface area (Å²) in [5, 5.41) is 13.9. The molecule has 15 heavy (non-hydrogen) atoms. The summed E-state index contributed by atoms with van der Waals surface area (Å²) < 4.78 is 0. The van der Waals surface area contributed by atoms with Crippen molar-refractivity contribution in [3.05, 3.63) is 16.1 Å². The van der Waals surface area contributed by atoms with E-state index < -0.39 is 0 Å². The number of unbranched alkanes of at least 4 members (excludes halogenated alkanes) is 1. The number of hydrogen-bond acceptors (Lipinski definition) is 4. The highest BCUT2D eigenvalue weighted by molar-refractivity contribution is 7.09. The Morgan fingerprint density at radius 1 is 1.67 bits per heavy atom.